The minimum absolute atomic E-state index is 0.0917. The Morgan fingerprint density at radius 3 is 2.40 bits per heavy atom. The van der Waals surface area contributed by atoms with Crippen molar-refractivity contribution in [1.29, 1.82) is 0 Å². The third kappa shape index (κ3) is 1.97. The second-order valence-electron chi connectivity index (χ2n) is 4.04. The van der Waals surface area contributed by atoms with Gasteiger partial charge < -0.3 is 10.6 Å². The first kappa shape index (κ1) is 12.0. The molecule has 0 bridgehead atoms. The van der Waals surface area contributed by atoms with E-state index in [1.54, 1.807) is 11.8 Å². The van der Waals surface area contributed by atoms with Crippen LogP contribution in [0.1, 0.15) is 20.8 Å². The summed E-state index contributed by atoms with van der Waals surface area (Å²) in [6.45, 7) is 6.96. The van der Waals surface area contributed by atoms with Crippen molar-refractivity contribution in [3.63, 3.8) is 0 Å². The molecule has 3 amide bonds. The molecule has 0 aliphatic carbocycles. The molecule has 0 saturated carbocycles. The summed E-state index contributed by atoms with van der Waals surface area (Å²) in [4.78, 5) is 26.6. The van der Waals surface area contributed by atoms with Crippen molar-refractivity contribution in [2.45, 2.75) is 26.8 Å². The number of nitrogens with two attached hydrogens (primary N) is 1. The van der Waals surface area contributed by atoms with E-state index in [4.69, 9.17) is 5.73 Å². The van der Waals surface area contributed by atoms with Gasteiger partial charge in [0.1, 0.15) is 6.04 Å². The molecule has 1 saturated heterocycles. The Morgan fingerprint density at radius 1 is 1.40 bits per heavy atom. The fraction of sp³-hybridized carbons (Fsp3) is 0.800. The van der Waals surface area contributed by atoms with Crippen LogP contribution < -0.4 is 5.73 Å². The Kier molecular flexibility index (Phi) is 3.68. The molecule has 1 atom stereocenters. The molecule has 0 radical (unpaired) electrons. The van der Waals surface area contributed by atoms with E-state index in [0.717, 1.165) is 0 Å². The SMILES string of the molecule is CCN1C(=O)C(C(C)C)N(CCN)C1=O. The fourth-order valence-electron chi connectivity index (χ4n) is 1.97. The van der Waals surface area contributed by atoms with Crippen LogP contribution in [0.25, 0.3) is 0 Å². The molecule has 1 aliphatic rings. The lowest BCUT2D eigenvalue weighted by Crippen LogP contribution is -2.41. The molecular formula is C10H19N3O2. The van der Waals surface area contributed by atoms with Gasteiger partial charge in [-0.2, -0.15) is 0 Å². The van der Waals surface area contributed by atoms with Crippen molar-refractivity contribution in [2.75, 3.05) is 19.6 Å². The Hall–Kier alpha value is -1.10. The molecule has 0 aromatic heterocycles. The number of amides is 3. The number of hydrogen-bond donors (Lipinski definition) is 1. The highest BCUT2D eigenvalue weighted by Crippen LogP contribution is 2.22. The molecule has 0 aromatic rings. The van der Waals surface area contributed by atoms with Crippen LogP contribution in [0.5, 0.6) is 0 Å². The Balaban J connectivity index is 2.92. The lowest BCUT2D eigenvalue weighted by atomic mass is 10.0. The summed E-state index contributed by atoms with van der Waals surface area (Å²) in [5.41, 5.74) is 5.44. The lowest BCUT2D eigenvalue weighted by Gasteiger charge is -2.23. The molecule has 86 valence electrons. The molecule has 5 nitrogen and oxygen atoms in total. The number of imide groups is 1. The van der Waals surface area contributed by atoms with Crippen molar-refractivity contribution in [2.24, 2.45) is 11.7 Å². The summed E-state index contributed by atoms with van der Waals surface area (Å²) < 4.78 is 0. The molecule has 1 aliphatic heterocycles. The highest BCUT2D eigenvalue weighted by atomic mass is 16.2. The van der Waals surface area contributed by atoms with Crippen molar-refractivity contribution in [1.82, 2.24) is 9.80 Å². The minimum atomic E-state index is -0.332. The van der Waals surface area contributed by atoms with Crippen LogP contribution in [0.3, 0.4) is 0 Å². The number of likely N-dealkylation sites (N-methyl/N-ethyl adjacent to an activating group) is 1. The molecule has 0 aromatic carbocycles. The molecule has 1 unspecified atom stereocenters. The summed E-state index contributed by atoms with van der Waals surface area (Å²) in [5, 5.41) is 0. The monoisotopic (exact) mass is 213 g/mol. The summed E-state index contributed by atoms with van der Waals surface area (Å²) in [5.74, 6) is 0.0375. The average molecular weight is 213 g/mol. The largest absolute Gasteiger partial charge is 0.329 e. The van der Waals surface area contributed by atoms with E-state index >= 15 is 0 Å². The standard InChI is InChI=1S/C10H19N3O2/c1-4-12-9(14)8(7(2)3)13(6-5-11)10(12)15/h7-8H,4-6,11H2,1-3H3. The first-order valence-corrected chi connectivity index (χ1v) is 5.36. The summed E-state index contributed by atoms with van der Waals surface area (Å²) >= 11 is 0. The minimum Gasteiger partial charge on any atom is -0.329 e. The van der Waals surface area contributed by atoms with Gasteiger partial charge in [-0.3, -0.25) is 9.69 Å². The van der Waals surface area contributed by atoms with Crippen molar-refractivity contribution in [3.8, 4) is 0 Å². The molecule has 15 heavy (non-hydrogen) atoms. The molecule has 1 heterocycles. The highest BCUT2D eigenvalue weighted by Gasteiger charge is 2.44. The fourth-order valence-corrected chi connectivity index (χ4v) is 1.97. The van der Waals surface area contributed by atoms with E-state index in [-0.39, 0.29) is 23.9 Å². The third-order valence-electron chi connectivity index (χ3n) is 2.65. The van der Waals surface area contributed by atoms with E-state index in [0.29, 0.717) is 19.6 Å². The zero-order chi connectivity index (χ0) is 11.6. The maximum Gasteiger partial charge on any atom is 0.327 e. The van der Waals surface area contributed by atoms with Gasteiger partial charge in [0.2, 0.25) is 0 Å². The first-order valence-electron chi connectivity index (χ1n) is 5.36. The molecule has 0 spiro atoms. The van der Waals surface area contributed by atoms with Crippen LogP contribution in [-0.4, -0.2) is 47.4 Å². The Bertz CT molecular complexity index is 265. The summed E-state index contributed by atoms with van der Waals surface area (Å²) in [7, 11) is 0. The van der Waals surface area contributed by atoms with E-state index in [9.17, 15) is 9.59 Å². The second kappa shape index (κ2) is 4.61. The highest BCUT2D eigenvalue weighted by molar-refractivity contribution is 6.04. The number of rotatable bonds is 4. The number of hydrogen-bond acceptors (Lipinski definition) is 3. The topological polar surface area (TPSA) is 66.6 Å². The van der Waals surface area contributed by atoms with E-state index in [1.807, 2.05) is 13.8 Å². The quantitative estimate of drug-likeness (QED) is 0.681. The Morgan fingerprint density at radius 2 is 2.00 bits per heavy atom. The van der Waals surface area contributed by atoms with Crippen LogP contribution in [0.15, 0.2) is 0 Å². The maximum atomic E-state index is 11.9. The molecule has 1 rings (SSSR count). The van der Waals surface area contributed by atoms with Crippen LogP contribution in [0, 0.1) is 5.92 Å². The van der Waals surface area contributed by atoms with Gasteiger partial charge in [0, 0.05) is 19.6 Å². The van der Waals surface area contributed by atoms with E-state index < -0.39 is 0 Å². The van der Waals surface area contributed by atoms with Crippen LogP contribution in [-0.2, 0) is 4.79 Å². The number of carbonyl (C=O) groups excluding carboxylic acids is 2. The second-order valence-corrected chi connectivity index (χ2v) is 4.04. The smallest absolute Gasteiger partial charge is 0.327 e. The number of urea groups is 1. The van der Waals surface area contributed by atoms with Gasteiger partial charge in [0.05, 0.1) is 0 Å². The zero-order valence-electron chi connectivity index (χ0n) is 9.56. The van der Waals surface area contributed by atoms with Gasteiger partial charge >= 0.3 is 6.03 Å². The number of carbonyl (C=O) groups is 2. The molecule has 5 heteroatoms. The van der Waals surface area contributed by atoms with Gasteiger partial charge in [-0.25, -0.2) is 4.79 Å². The average Bonchev–Trinajstić information content (AvgIpc) is 2.39. The third-order valence-corrected chi connectivity index (χ3v) is 2.65. The van der Waals surface area contributed by atoms with Crippen molar-refractivity contribution in [3.05, 3.63) is 0 Å². The normalized spacial score (nSPS) is 22.1. The predicted molar refractivity (Wildman–Crippen MR) is 57.2 cm³/mol. The zero-order valence-corrected chi connectivity index (χ0v) is 9.56. The van der Waals surface area contributed by atoms with Crippen molar-refractivity contribution < 1.29 is 9.59 Å². The van der Waals surface area contributed by atoms with Gasteiger partial charge in [-0.15, -0.1) is 0 Å². The van der Waals surface area contributed by atoms with Crippen molar-refractivity contribution >= 4 is 11.9 Å². The van der Waals surface area contributed by atoms with Gasteiger partial charge in [-0.05, 0) is 12.8 Å². The van der Waals surface area contributed by atoms with Gasteiger partial charge in [0.25, 0.3) is 5.91 Å². The first-order chi connectivity index (χ1) is 7.04. The van der Waals surface area contributed by atoms with Crippen LogP contribution in [0.2, 0.25) is 0 Å². The molecular weight excluding hydrogens is 194 g/mol. The van der Waals surface area contributed by atoms with Crippen LogP contribution >= 0.6 is 0 Å². The van der Waals surface area contributed by atoms with E-state index in [2.05, 4.69) is 0 Å². The predicted octanol–water partition coefficient (Wildman–Crippen LogP) is 0.254. The maximum absolute atomic E-state index is 11.9. The lowest BCUT2D eigenvalue weighted by molar-refractivity contribution is -0.129. The van der Waals surface area contributed by atoms with Gasteiger partial charge in [-0.1, -0.05) is 13.8 Å². The summed E-state index contributed by atoms with van der Waals surface area (Å²) in [6, 6.07) is -0.535. The van der Waals surface area contributed by atoms with E-state index in [1.165, 1.54) is 4.90 Å². The molecule has 2 N–H and O–H groups in total. The number of nitrogens with zero attached hydrogens (tertiary/aromatic N) is 2. The van der Waals surface area contributed by atoms with Crippen LogP contribution in [0.4, 0.5) is 4.79 Å². The summed E-state index contributed by atoms with van der Waals surface area (Å²) in [6.07, 6.45) is 0. The molecule has 1 fully saturated rings. The van der Waals surface area contributed by atoms with Gasteiger partial charge in [0.15, 0.2) is 0 Å². The Labute approximate surface area is 90.2 Å².